The first-order valence-electron chi connectivity index (χ1n) is 11.4. The lowest BCUT2D eigenvalue weighted by molar-refractivity contribution is 0.102. The van der Waals surface area contributed by atoms with Crippen LogP contribution in [0, 0.1) is 0 Å². The highest BCUT2D eigenvalue weighted by atomic mass is 16.2. The van der Waals surface area contributed by atoms with Gasteiger partial charge >= 0.3 is 6.03 Å². The number of carbonyl (C=O) groups is 2. The van der Waals surface area contributed by atoms with Gasteiger partial charge in [-0.05, 0) is 50.7 Å². The number of H-pyrrole nitrogens is 1. The van der Waals surface area contributed by atoms with Crippen LogP contribution in [0.1, 0.15) is 46.1 Å². The van der Waals surface area contributed by atoms with Gasteiger partial charge in [-0.3, -0.25) is 9.89 Å². The van der Waals surface area contributed by atoms with Gasteiger partial charge in [-0.2, -0.15) is 5.10 Å². The summed E-state index contributed by atoms with van der Waals surface area (Å²) in [6, 6.07) is 16.5. The Labute approximate surface area is 198 Å². The van der Waals surface area contributed by atoms with Crippen molar-refractivity contribution in [1.29, 1.82) is 0 Å². The van der Waals surface area contributed by atoms with Crippen LogP contribution in [0.2, 0.25) is 0 Å². The number of hydrogen-bond donors (Lipinski definition) is 4. The Hall–Kier alpha value is -3.85. The second kappa shape index (κ2) is 8.49. The number of nitrogens with zero attached hydrogens (tertiary/aromatic N) is 3. The number of fused-ring (bicyclic) bond motifs is 2. The van der Waals surface area contributed by atoms with E-state index in [4.69, 9.17) is 5.73 Å². The van der Waals surface area contributed by atoms with Gasteiger partial charge in [-0.25, -0.2) is 4.79 Å². The van der Waals surface area contributed by atoms with Crippen molar-refractivity contribution < 1.29 is 9.59 Å². The first-order valence-corrected chi connectivity index (χ1v) is 11.4. The minimum Gasteiger partial charge on any atom is -0.399 e. The molecule has 5 rings (SSSR count). The van der Waals surface area contributed by atoms with E-state index in [2.05, 4.69) is 25.7 Å². The fourth-order valence-electron chi connectivity index (χ4n) is 4.73. The number of nitrogens with two attached hydrogens (primary N) is 1. The maximum atomic E-state index is 13.5. The molecule has 3 aromatic rings. The van der Waals surface area contributed by atoms with E-state index in [0.29, 0.717) is 30.2 Å². The van der Waals surface area contributed by atoms with E-state index < -0.39 is 0 Å². The van der Waals surface area contributed by atoms with Gasteiger partial charge in [-0.15, -0.1) is 0 Å². The van der Waals surface area contributed by atoms with Gasteiger partial charge < -0.3 is 26.2 Å². The van der Waals surface area contributed by atoms with E-state index >= 15 is 0 Å². The number of amides is 3. The molecule has 2 aromatic carbocycles. The smallest absolute Gasteiger partial charge is 0.319 e. The van der Waals surface area contributed by atoms with E-state index in [9.17, 15) is 9.59 Å². The largest absolute Gasteiger partial charge is 0.399 e. The van der Waals surface area contributed by atoms with Crippen LogP contribution in [0.25, 0.3) is 0 Å². The van der Waals surface area contributed by atoms with Crippen molar-refractivity contribution in [3.8, 4) is 0 Å². The second-order valence-corrected chi connectivity index (χ2v) is 9.30. The van der Waals surface area contributed by atoms with Gasteiger partial charge in [0.2, 0.25) is 0 Å². The van der Waals surface area contributed by atoms with Gasteiger partial charge in [0.25, 0.3) is 5.91 Å². The zero-order valence-electron chi connectivity index (χ0n) is 19.3. The number of hydrogen-bond acceptors (Lipinski definition) is 5. The molecule has 5 N–H and O–H groups in total. The van der Waals surface area contributed by atoms with Crippen LogP contribution in [0.3, 0.4) is 0 Å². The highest BCUT2D eigenvalue weighted by Crippen LogP contribution is 2.57. The third kappa shape index (κ3) is 3.99. The Morgan fingerprint density at radius 2 is 1.94 bits per heavy atom. The minimum absolute atomic E-state index is 0.120. The molecule has 1 fully saturated rings. The lowest BCUT2D eigenvalue weighted by atomic mass is 10.1. The van der Waals surface area contributed by atoms with Crippen molar-refractivity contribution in [3.63, 3.8) is 0 Å². The van der Waals surface area contributed by atoms with Gasteiger partial charge in [0.05, 0.1) is 23.8 Å². The molecule has 1 atom stereocenters. The molecular weight excluding hydrogens is 430 g/mol. The van der Waals surface area contributed by atoms with Gasteiger partial charge in [0.15, 0.2) is 5.82 Å². The van der Waals surface area contributed by atoms with E-state index in [1.807, 2.05) is 49.3 Å². The zero-order valence-corrected chi connectivity index (χ0v) is 19.3. The van der Waals surface area contributed by atoms with Gasteiger partial charge in [-0.1, -0.05) is 36.4 Å². The number of anilines is 2. The molecule has 0 unspecified atom stereocenters. The third-order valence-corrected chi connectivity index (χ3v) is 6.56. The lowest BCUT2D eigenvalue weighted by Gasteiger charge is -2.29. The molecular formula is C25H29N7O2. The van der Waals surface area contributed by atoms with E-state index in [-0.39, 0.29) is 23.5 Å². The highest BCUT2D eigenvalue weighted by Gasteiger charge is 2.58. The average Bonchev–Trinajstić information content (AvgIpc) is 3.41. The summed E-state index contributed by atoms with van der Waals surface area (Å²) in [6.07, 6.45) is 1.73. The zero-order chi connectivity index (χ0) is 23.9. The molecule has 3 amide bonds. The molecule has 34 heavy (non-hydrogen) atoms. The number of nitrogen functional groups attached to an aromatic ring is 1. The van der Waals surface area contributed by atoms with E-state index in [1.54, 1.807) is 24.3 Å². The number of urea groups is 1. The summed E-state index contributed by atoms with van der Waals surface area (Å²) in [5, 5.41) is 13.6. The third-order valence-electron chi connectivity index (χ3n) is 6.56. The fraction of sp³-hybridized carbons (Fsp3) is 0.320. The average molecular weight is 460 g/mol. The van der Waals surface area contributed by atoms with E-state index in [0.717, 1.165) is 29.7 Å². The lowest BCUT2D eigenvalue weighted by Crippen LogP contribution is -2.46. The maximum absolute atomic E-state index is 13.5. The van der Waals surface area contributed by atoms with Crippen LogP contribution >= 0.6 is 0 Å². The summed E-state index contributed by atoms with van der Waals surface area (Å²) >= 11 is 0. The molecule has 1 aliphatic heterocycles. The Kier molecular flexibility index (Phi) is 5.49. The van der Waals surface area contributed by atoms with Crippen LogP contribution in [-0.4, -0.2) is 52.6 Å². The predicted octanol–water partition coefficient (Wildman–Crippen LogP) is 3.06. The molecule has 9 heteroatoms. The van der Waals surface area contributed by atoms with Crippen molar-refractivity contribution in [3.05, 3.63) is 77.0 Å². The molecule has 2 aliphatic rings. The first-order chi connectivity index (χ1) is 16.4. The number of nitrogens with one attached hydrogen (secondary N) is 3. The summed E-state index contributed by atoms with van der Waals surface area (Å²) in [6.45, 7) is 1.07. The van der Waals surface area contributed by atoms with Crippen LogP contribution < -0.4 is 16.4 Å². The molecule has 1 aliphatic carbocycles. The molecule has 9 nitrogen and oxygen atoms in total. The quantitative estimate of drug-likeness (QED) is 0.423. The molecule has 0 saturated heterocycles. The number of benzene rings is 2. The Morgan fingerprint density at radius 1 is 1.18 bits per heavy atom. The van der Waals surface area contributed by atoms with Crippen molar-refractivity contribution in [2.24, 2.45) is 0 Å². The molecule has 2 heterocycles. The first kappa shape index (κ1) is 22.0. The normalized spacial score (nSPS) is 16.4. The number of aromatic amines is 1. The SMILES string of the molecule is CN(C)C[C@@H](NC(=O)N1Cc2c(NC(=O)c3cccc(N)c3)n[nH]c2C12CC2)c1ccccc1. The Bertz CT molecular complexity index is 1220. The fourth-order valence-corrected chi connectivity index (χ4v) is 4.73. The summed E-state index contributed by atoms with van der Waals surface area (Å²) in [4.78, 5) is 30.2. The summed E-state index contributed by atoms with van der Waals surface area (Å²) < 4.78 is 0. The Morgan fingerprint density at radius 3 is 2.62 bits per heavy atom. The molecule has 1 aromatic heterocycles. The second-order valence-electron chi connectivity index (χ2n) is 9.30. The standard InChI is InChI=1S/C25H29N7O2/c1-31(2)15-20(16-7-4-3-5-8-16)27-24(34)32-14-19-21(25(32)11-12-25)29-30-22(19)28-23(33)17-9-6-10-18(26)13-17/h3-10,13,20H,11-12,14-15,26H2,1-2H3,(H,27,34)(H2,28,29,30,33)/t20-/m1/s1. The minimum atomic E-state index is -0.383. The number of rotatable bonds is 6. The molecule has 1 saturated carbocycles. The number of aromatic nitrogens is 2. The summed E-state index contributed by atoms with van der Waals surface area (Å²) in [5.74, 6) is 0.168. The van der Waals surface area contributed by atoms with Gasteiger partial charge in [0.1, 0.15) is 0 Å². The van der Waals surface area contributed by atoms with Crippen molar-refractivity contribution in [2.75, 3.05) is 31.7 Å². The van der Waals surface area contributed by atoms with Crippen LogP contribution in [0.15, 0.2) is 54.6 Å². The molecule has 1 spiro atoms. The topological polar surface area (TPSA) is 119 Å². The summed E-state index contributed by atoms with van der Waals surface area (Å²) in [7, 11) is 3.98. The van der Waals surface area contributed by atoms with Crippen molar-refractivity contribution in [1.82, 2.24) is 25.3 Å². The molecule has 0 radical (unpaired) electrons. The van der Waals surface area contributed by atoms with Crippen LogP contribution in [0.5, 0.6) is 0 Å². The highest BCUT2D eigenvalue weighted by molar-refractivity contribution is 6.04. The van der Waals surface area contributed by atoms with Crippen LogP contribution in [0.4, 0.5) is 16.3 Å². The van der Waals surface area contributed by atoms with Gasteiger partial charge in [0, 0.05) is 23.4 Å². The van der Waals surface area contributed by atoms with Crippen molar-refractivity contribution >= 4 is 23.4 Å². The number of likely N-dealkylation sites (N-methyl/N-ethyl adjacent to an activating group) is 1. The Balaban J connectivity index is 1.34. The van der Waals surface area contributed by atoms with Crippen molar-refractivity contribution in [2.45, 2.75) is 31.0 Å². The maximum Gasteiger partial charge on any atom is 0.319 e. The number of carbonyl (C=O) groups excluding carboxylic acids is 2. The molecule has 176 valence electrons. The molecule has 0 bridgehead atoms. The predicted molar refractivity (Wildman–Crippen MR) is 130 cm³/mol. The van der Waals surface area contributed by atoms with Crippen LogP contribution in [-0.2, 0) is 12.1 Å². The monoisotopic (exact) mass is 459 g/mol. The van der Waals surface area contributed by atoms with E-state index in [1.165, 1.54) is 0 Å². The summed E-state index contributed by atoms with van der Waals surface area (Å²) in [5.41, 5.74) is 9.23.